The molecule has 176 valence electrons. The third-order valence-corrected chi connectivity index (χ3v) is 6.15. The molecule has 5 nitrogen and oxygen atoms in total. The van der Waals surface area contributed by atoms with Crippen LogP contribution in [0.25, 0.3) is 10.9 Å². The van der Waals surface area contributed by atoms with Crippen LogP contribution < -0.4 is 15.0 Å². The minimum Gasteiger partial charge on any atom is -0.494 e. The number of halogens is 3. The van der Waals surface area contributed by atoms with E-state index in [-0.39, 0.29) is 18.2 Å². The molecule has 3 aromatic carbocycles. The predicted octanol–water partition coefficient (Wildman–Crippen LogP) is 6.32. The van der Waals surface area contributed by atoms with E-state index >= 15 is 0 Å². The zero-order valence-electron chi connectivity index (χ0n) is 18.9. The van der Waals surface area contributed by atoms with Gasteiger partial charge in [0, 0.05) is 17.6 Å². The van der Waals surface area contributed by atoms with Crippen LogP contribution in [0.4, 0.5) is 26.2 Å². The van der Waals surface area contributed by atoms with Crippen LogP contribution in [0.1, 0.15) is 22.7 Å². The van der Waals surface area contributed by atoms with Crippen LogP contribution in [0.5, 0.6) is 5.75 Å². The highest BCUT2D eigenvalue weighted by Gasteiger charge is 2.30. The number of alkyl halides is 1. The van der Waals surface area contributed by atoms with E-state index in [0.717, 1.165) is 28.5 Å². The molecule has 2 heterocycles. The van der Waals surface area contributed by atoms with Gasteiger partial charge in [-0.1, -0.05) is 30.3 Å². The maximum absolute atomic E-state index is 14.4. The topological polar surface area (TPSA) is 50.3 Å². The number of fused-ring (bicyclic) bond motifs is 2. The minimum atomic E-state index is -0.535. The lowest BCUT2D eigenvalue weighted by Gasteiger charge is -2.37. The fraction of sp³-hybridized carbons (Fsp3) is 0.231. The number of para-hydroxylation sites is 1. The van der Waals surface area contributed by atoms with Crippen molar-refractivity contribution >= 4 is 40.8 Å². The molecule has 1 aliphatic heterocycles. The number of aromatic nitrogens is 2. The van der Waals surface area contributed by atoms with E-state index in [1.54, 1.807) is 13.2 Å². The summed E-state index contributed by atoms with van der Waals surface area (Å²) in [7, 11) is 1.59. The molecule has 0 saturated carbocycles. The highest BCUT2D eigenvalue weighted by Crippen LogP contribution is 2.39. The molecule has 4 aromatic rings. The van der Waals surface area contributed by atoms with Gasteiger partial charge in [-0.3, -0.25) is 0 Å². The summed E-state index contributed by atoms with van der Waals surface area (Å²) in [4.78, 5) is 11.5. The third-order valence-electron chi connectivity index (χ3n) is 6.15. The first-order valence-electron chi connectivity index (χ1n) is 10.9. The molecule has 5 rings (SSSR count). The molecule has 0 bridgehead atoms. The summed E-state index contributed by atoms with van der Waals surface area (Å²) in [6.45, 7) is 1.91. The molecule has 1 aliphatic rings. The number of nitrogens with zero attached hydrogens (tertiary/aromatic N) is 3. The standard InChI is InChI=1S/C26H24F2N4O.ClH/c1-16-14-18(28)10-11-21(16)29-26-30-24-20(8-5-9-23(24)33-2)25(31-26)32-13-12-17-6-3-4-7-19(17)22(32)15-27;/h3-11,14,22H,12-13,15H2,1-2H3,(H,29,30,31);1H. The lowest BCUT2D eigenvalue weighted by atomic mass is 9.93. The fourth-order valence-electron chi connectivity index (χ4n) is 4.51. The van der Waals surface area contributed by atoms with Gasteiger partial charge in [0.05, 0.1) is 13.2 Å². The Balaban J connectivity index is 0.00000274. The number of rotatable bonds is 5. The summed E-state index contributed by atoms with van der Waals surface area (Å²) in [5.41, 5.74) is 4.19. The van der Waals surface area contributed by atoms with Crippen LogP contribution in [0.15, 0.2) is 60.7 Å². The van der Waals surface area contributed by atoms with Crippen molar-refractivity contribution in [3.8, 4) is 5.75 Å². The summed E-state index contributed by atoms with van der Waals surface area (Å²) in [6.07, 6.45) is 0.794. The van der Waals surface area contributed by atoms with Crippen LogP contribution in [-0.2, 0) is 6.42 Å². The maximum atomic E-state index is 14.4. The molecule has 1 unspecified atom stereocenters. The Morgan fingerprint density at radius 2 is 1.91 bits per heavy atom. The fourth-order valence-corrected chi connectivity index (χ4v) is 4.51. The van der Waals surface area contributed by atoms with Crippen molar-refractivity contribution in [1.82, 2.24) is 9.97 Å². The Kier molecular flexibility index (Phi) is 6.84. The average Bonchev–Trinajstić information content (AvgIpc) is 2.84. The highest BCUT2D eigenvalue weighted by atomic mass is 35.5. The second-order valence-corrected chi connectivity index (χ2v) is 8.12. The van der Waals surface area contributed by atoms with E-state index in [9.17, 15) is 8.78 Å². The van der Waals surface area contributed by atoms with Gasteiger partial charge >= 0.3 is 0 Å². The maximum Gasteiger partial charge on any atom is 0.229 e. The number of hydrogen-bond acceptors (Lipinski definition) is 5. The first-order chi connectivity index (χ1) is 16.1. The van der Waals surface area contributed by atoms with Crippen molar-refractivity contribution in [3.05, 3.63) is 83.2 Å². The van der Waals surface area contributed by atoms with Gasteiger partial charge in [0.25, 0.3) is 0 Å². The molecule has 34 heavy (non-hydrogen) atoms. The number of ether oxygens (including phenoxy) is 1. The van der Waals surface area contributed by atoms with Gasteiger partial charge < -0.3 is 15.0 Å². The van der Waals surface area contributed by atoms with Crippen molar-refractivity contribution in [2.45, 2.75) is 19.4 Å². The van der Waals surface area contributed by atoms with Gasteiger partial charge in [0.1, 0.15) is 29.6 Å². The smallest absolute Gasteiger partial charge is 0.229 e. The van der Waals surface area contributed by atoms with Crippen molar-refractivity contribution in [2.24, 2.45) is 0 Å². The minimum absolute atomic E-state index is 0. The van der Waals surface area contributed by atoms with E-state index in [0.29, 0.717) is 35.3 Å². The molecular weight excluding hydrogens is 458 g/mol. The Labute approximate surface area is 203 Å². The summed E-state index contributed by atoms with van der Waals surface area (Å²) in [6, 6.07) is 17.7. The van der Waals surface area contributed by atoms with Crippen LogP contribution >= 0.6 is 12.4 Å². The normalized spacial score (nSPS) is 14.9. The Morgan fingerprint density at radius 3 is 2.68 bits per heavy atom. The van der Waals surface area contributed by atoms with Gasteiger partial charge in [-0.05, 0) is 60.4 Å². The summed E-state index contributed by atoms with van der Waals surface area (Å²) >= 11 is 0. The zero-order valence-corrected chi connectivity index (χ0v) is 19.7. The molecule has 1 aromatic heterocycles. The zero-order chi connectivity index (χ0) is 22.9. The number of nitrogens with one attached hydrogen (secondary N) is 1. The first kappa shape index (κ1) is 23.7. The number of aryl methyl sites for hydroxylation is 1. The Morgan fingerprint density at radius 1 is 1.09 bits per heavy atom. The van der Waals surface area contributed by atoms with Gasteiger partial charge in [-0.25, -0.2) is 13.8 Å². The molecule has 0 saturated heterocycles. The van der Waals surface area contributed by atoms with E-state index < -0.39 is 12.7 Å². The molecule has 8 heteroatoms. The first-order valence-corrected chi connectivity index (χ1v) is 10.9. The van der Waals surface area contributed by atoms with Crippen molar-refractivity contribution in [1.29, 1.82) is 0 Å². The van der Waals surface area contributed by atoms with E-state index in [2.05, 4.69) is 11.4 Å². The molecule has 0 amide bonds. The highest BCUT2D eigenvalue weighted by molar-refractivity contribution is 5.95. The quantitative estimate of drug-likeness (QED) is 0.360. The second kappa shape index (κ2) is 9.81. The number of anilines is 3. The van der Waals surface area contributed by atoms with E-state index in [1.165, 1.54) is 12.1 Å². The van der Waals surface area contributed by atoms with E-state index in [4.69, 9.17) is 14.7 Å². The Hall–Kier alpha value is -3.45. The van der Waals surface area contributed by atoms with Crippen LogP contribution in [0.2, 0.25) is 0 Å². The lowest BCUT2D eigenvalue weighted by Crippen LogP contribution is -2.37. The summed E-state index contributed by atoms with van der Waals surface area (Å²) in [5, 5.41) is 4.00. The monoisotopic (exact) mass is 482 g/mol. The SMILES string of the molecule is COc1cccc2c(N3CCc4ccccc4C3CF)nc(Nc3ccc(F)cc3C)nc12.Cl. The lowest BCUT2D eigenvalue weighted by molar-refractivity contribution is 0.405. The summed E-state index contributed by atoms with van der Waals surface area (Å²) < 4.78 is 33.6. The molecule has 0 fully saturated rings. The van der Waals surface area contributed by atoms with Gasteiger partial charge in [-0.15, -0.1) is 12.4 Å². The van der Waals surface area contributed by atoms with E-state index in [1.807, 2.05) is 48.2 Å². The van der Waals surface area contributed by atoms with Gasteiger partial charge in [0.2, 0.25) is 5.95 Å². The molecular formula is C26H25ClF2N4O. The Bertz CT molecular complexity index is 1330. The largest absolute Gasteiger partial charge is 0.494 e. The van der Waals surface area contributed by atoms with Gasteiger partial charge in [0.15, 0.2) is 0 Å². The number of methoxy groups -OCH3 is 1. The second-order valence-electron chi connectivity index (χ2n) is 8.12. The molecule has 0 radical (unpaired) electrons. The molecule has 0 spiro atoms. The molecule has 1 atom stereocenters. The predicted molar refractivity (Wildman–Crippen MR) is 134 cm³/mol. The van der Waals surface area contributed by atoms with Crippen molar-refractivity contribution in [2.75, 3.05) is 30.5 Å². The third kappa shape index (κ3) is 4.23. The number of benzene rings is 3. The molecule has 0 aliphatic carbocycles. The van der Waals surface area contributed by atoms with Crippen LogP contribution in [0.3, 0.4) is 0 Å². The van der Waals surface area contributed by atoms with Crippen molar-refractivity contribution in [3.63, 3.8) is 0 Å². The van der Waals surface area contributed by atoms with Crippen LogP contribution in [-0.4, -0.2) is 30.3 Å². The van der Waals surface area contributed by atoms with Crippen LogP contribution in [0, 0.1) is 12.7 Å². The average molecular weight is 483 g/mol. The number of hydrogen-bond donors (Lipinski definition) is 1. The van der Waals surface area contributed by atoms with Crippen molar-refractivity contribution < 1.29 is 13.5 Å². The van der Waals surface area contributed by atoms with Gasteiger partial charge in [-0.2, -0.15) is 4.98 Å². The summed E-state index contributed by atoms with van der Waals surface area (Å²) in [5.74, 6) is 1.27. The molecule has 1 N–H and O–H groups in total.